The Labute approximate surface area is 147 Å². The van der Waals surface area contributed by atoms with E-state index in [0.29, 0.717) is 24.6 Å². The molecule has 0 spiro atoms. The zero-order valence-corrected chi connectivity index (χ0v) is 14.9. The Morgan fingerprint density at radius 2 is 2.04 bits per heavy atom. The lowest BCUT2D eigenvalue weighted by molar-refractivity contribution is 0.0575. The van der Waals surface area contributed by atoms with E-state index < -0.39 is 0 Å². The van der Waals surface area contributed by atoms with Gasteiger partial charge in [0.1, 0.15) is 0 Å². The predicted molar refractivity (Wildman–Crippen MR) is 98.7 cm³/mol. The lowest BCUT2D eigenvalue weighted by atomic mass is 9.91. The van der Waals surface area contributed by atoms with Crippen molar-refractivity contribution in [3.8, 4) is 0 Å². The first-order valence-corrected chi connectivity index (χ1v) is 8.12. The first-order valence-electron chi connectivity index (χ1n) is 8.12. The highest BCUT2D eigenvalue weighted by Gasteiger charge is 2.30. The number of piperidine rings is 1. The summed E-state index contributed by atoms with van der Waals surface area (Å²) in [5, 5.41) is 0.814. The average Bonchev–Trinajstić information content (AvgIpc) is 2.57. The summed E-state index contributed by atoms with van der Waals surface area (Å²) in [6, 6.07) is 9.03. The molecular formula is C18H24ClN3O2. The average molecular weight is 350 g/mol. The number of benzene rings is 1. The van der Waals surface area contributed by atoms with Gasteiger partial charge in [-0.05, 0) is 24.8 Å². The number of carbonyl (C=O) groups is 1. The molecule has 130 valence electrons. The Morgan fingerprint density at radius 3 is 2.75 bits per heavy atom. The van der Waals surface area contributed by atoms with Gasteiger partial charge in [-0.3, -0.25) is 9.59 Å². The maximum atomic E-state index is 13.1. The lowest BCUT2D eigenvalue weighted by Crippen LogP contribution is -2.49. The number of likely N-dealkylation sites (tertiary alicyclic amines) is 1. The summed E-state index contributed by atoms with van der Waals surface area (Å²) in [5.74, 6) is 0.495. The first-order chi connectivity index (χ1) is 11.0. The fraction of sp³-hybridized carbons (Fsp3) is 0.444. The normalized spacial score (nSPS) is 20.7. The molecule has 1 amide bonds. The molecule has 0 saturated carbocycles. The molecule has 2 aromatic rings. The van der Waals surface area contributed by atoms with E-state index >= 15 is 0 Å². The molecule has 0 bridgehead atoms. The van der Waals surface area contributed by atoms with Crippen LogP contribution in [0.2, 0.25) is 0 Å². The number of aryl methyl sites for hydroxylation is 1. The van der Waals surface area contributed by atoms with E-state index in [1.165, 1.54) is 6.07 Å². The summed E-state index contributed by atoms with van der Waals surface area (Å²) in [7, 11) is 1.73. The quantitative estimate of drug-likeness (QED) is 0.903. The fourth-order valence-electron chi connectivity index (χ4n) is 3.48. The Kier molecular flexibility index (Phi) is 5.67. The van der Waals surface area contributed by atoms with Gasteiger partial charge in [0.25, 0.3) is 11.5 Å². The van der Waals surface area contributed by atoms with Gasteiger partial charge >= 0.3 is 0 Å². The highest BCUT2D eigenvalue weighted by molar-refractivity contribution is 6.06. The van der Waals surface area contributed by atoms with Crippen LogP contribution in [0.1, 0.15) is 30.1 Å². The highest BCUT2D eigenvalue weighted by atomic mass is 35.5. The Bertz CT molecular complexity index is 802. The molecule has 1 aliphatic rings. The molecule has 24 heavy (non-hydrogen) atoms. The maximum absolute atomic E-state index is 13.1. The minimum atomic E-state index is -0.165. The topological polar surface area (TPSA) is 68.3 Å². The molecule has 2 unspecified atom stereocenters. The minimum Gasteiger partial charge on any atom is -0.334 e. The van der Waals surface area contributed by atoms with E-state index in [1.54, 1.807) is 11.6 Å². The van der Waals surface area contributed by atoms with Crippen molar-refractivity contribution in [1.29, 1.82) is 0 Å². The van der Waals surface area contributed by atoms with Gasteiger partial charge in [-0.2, -0.15) is 0 Å². The molecule has 0 radical (unpaired) electrons. The summed E-state index contributed by atoms with van der Waals surface area (Å²) in [5.41, 5.74) is 6.97. The number of pyridine rings is 1. The van der Waals surface area contributed by atoms with Gasteiger partial charge in [-0.1, -0.05) is 25.1 Å². The van der Waals surface area contributed by atoms with E-state index in [-0.39, 0.29) is 29.9 Å². The zero-order chi connectivity index (χ0) is 16.6. The summed E-state index contributed by atoms with van der Waals surface area (Å²) in [6.07, 6.45) is 1.90. The van der Waals surface area contributed by atoms with Crippen molar-refractivity contribution in [3.63, 3.8) is 0 Å². The number of rotatable bonds is 2. The largest absolute Gasteiger partial charge is 0.334 e. The van der Waals surface area contributed by atoms with Gasteiger partial charge in [0.2, 0.25) is 0 Å². The van der Waals surface area contributed by atoms with Crippen molar-refractivity contribution in [3.05, 3.63) is 46.2 Å². The Hall–Kier alpha value is -1.85. The third-order valence-electron chi connectivity index (χ3n) is 4.90. The summed E-state index contributed by atoms with van der Waals surface area (Å²) >= 11 is 0. The van der Waals surface area contributed by atoms with Crippen molar-refractivity contribution >= 4 is 29.2 Å². The first kappa shape index (κ1) is 18.5. The third-order valence-corrected chi connectivity index (χ3v) is 4.90. The molecule has 2 heterocycles. The number of hydrogen-bond donors (Lipinski definition) is 1. The van der Waals surface area contributed by atoms with Crippen molar-refractivity contribution in [1.82, 2.24) is 9.47 Å². The van der Waals surface area contributed by atoms with Crippen LogP contribution in [0.25, 0.3) is 10.9 Å². The molecule has 3 rings (SSSR count). The van der Waals surface area contributed by atoms with Crippen LogP contribution in [-0.2, 0) is 7.05 Å². The fourth-order valence-corrected chi connectivity index (χ4v) is 3.48. The third kappa shape index (κ3) is 3.19. The van der Waals surface area contributed by atoms with Crippen LogP contribution in [0.5, 0.6) is 0 Å². The molecule has 1 aromatic heterocycles. The predicted octanol–water partition coefficient (Wildman–Crippen LogP) is 2.16. The minimum absolute atomic E-state index is 0. The second-order valence-corrected chi connectivity index (χ2v) is 6.49. The zero-order valence-electron chi connectivity index (χ0n) is 14.1. The van der Waals surface area contributed by atoms with Gasteiger partial charge < -0.3 is 15.2 Å². The van der Waals surface area contributed by atoms with E-state index in [4.69, 9.17) is 5.73 Å². The monoisotopic (exact) mass is 349 g/mol. The van der Waals surface area contributed by atoms with Crippen LogP contribution in [0.4, 0.5) is 0 Å². The van der Waals surface area contributed by atoms with E-state index in [1.807, 2.05) is 29.2 Å². The number of carbonyl (C=O) groups excluding carboxylic acids is 1. The number of nitrogens with two attached hydrogens (primary N) is 1. The summed E-state index contributed by atoms with van der Waals surface area (Å²) in [6.45, 7) is 3.35. The number of fused-ring (bicyclic) bond motifs is 1. The second-order valence-electron chi connectivity index (χ2n) is 6.49. The molecule has 2 N–H and O–H groups in total. The molecule has 1 aromatic carbocycles. The highest BCUT2D eigenvalue weighted by Crippen LogP contribution is 2.25. The number of halogens is 1. The molecule has 2 atom stereocenters. The van der Waals surface area contributed by atoms with Gasteiger partial charge in [0, 0.05) is 37.6 Å². The molecule has 6 heteroatoms. The van der Waals surface area contributed by atoms with Crippen molar-refractivity contribution in [2.75, 3.05) is 13.1 Å². The van der Waals surface area contributed by atoms with E-state index in [0.717, 1.165) is 23.7 Å². The van der Waals surface area contributed by atoms with Crippen LogP contribution < -0.4 is 11.3 Å². The molecule has 1 saturated heterocycles. The SMILES string of the molecule is CC1CCN(C(=O)c2cc(=O)n(C)c3ccccc23)C(CN)C1.Cl. The number of amides is 1. The summed E-state index contributed by atoms with van der Waals surface area (Å²) in [4.78, 5) is 27.1. The molecule has 1 aliphatic heterocycles. The van der Waals surface area contributed by atoms with Crippen LogP contribution in [0.15, 0.2) is 35.1 Å². The van der Waals surface area contributed by atoms with E-state index in [9.17, 15) is 9.59 Å². The lowest BCUT2D eigenvalue weighted by Gasteiger charge is -2.38. The molecule has 0 aliphatic carbocycles. The Morgan fingerprint density at radius 1 is 1.33 bits per heavy atom. The van der Waals surface area contributed by atoms with Gasteiger partial charge in [-0.25, -0.2) is 0 Å². The second kappa shape index (κ2) is 7.36. The Balaban J connectivity index is 0.00000208. The van der Waals surface area contributed by atoms with Crippen LogP contribution in [0.3, 0.4) is 0 Å². The van der Waals surface area contributed by atoms with Crippen LogP contribution in [0, 0.1) is 5.92 Å². The number of aromatic nitrogens is 1. The van der Waals surface area contributed by atoms with Crippen molar-refractivity contribution in [2.24, 2.45) is 18.7 Å². The smallest absolute Gasteiger partial charge is 0.255 e. The number of hydrogen-bond acceptors (Lipinski definition) is 3. The van der Waals surface area contributed by atoms with Crippen molar-refractivity contribution < 1.29 is 4.79 Å². The standard InChI is InChI=1S/C18H23N3O2.ClH/c1-12-7-8-21(13(9-12)11-19)18(23)15-10-17(22)20(2)16-6-4-3-5-14(15)16;/h3-6,10,12-13H,7-9,11,19H2,1-2H3;1H. The van der Waals surface area contributed by atoms with Gasteiger partial charge in [0.15, 0.2) is 0 Å². The van der Waals surface area contributed by atoms with Crippen LogP contribution in [-0.4, -0.2) is 34.5 Å². The molecule has 5 nitrogen and oxygen atoms in total. The molecular weight excluding hydrogens is 326 g/mol. The van der Waals surface area contributed by atoms with Gasteiger partial charge in [-0.15, -0.1) is 12.4 Å². The van der Waals surface area contributed by atoms with Gasteiger partial charge in [0.05, 0.1) is 11.1 Å². The molecule has 1 fully saturated rings. The summed E-state index contributed by atoms with van der Waals surface area (Å²) < 4.78 is 1.57. The van der Waals surface area contributed by atoms with Crippen LogP contribution >= 0.6 is 12.4 Å². The maximum Gasteiger partial charge on any atom is 0.255 e. The van der Waals surface area contributed by atoms with Crippen molar-refractivity contribution in [2.45, 2.75) is 25.8 Å². The van der Waals surface area contributed by atoms with E-state index in [2.05, 4.69) is 6.92 Å². The number of para-hydroxylation sites is 1. The number of nitrogens with zero attached hydrogens (tertiary/aromatic N) is 2.